The molecule has 6 aliphatic heterocycles. The van der Waals surface area contributed by atoms with E-state index >= 15 is 0 Å². The maximum Gasteiger partial charge on any atom is 0.262 e. The van der Waals surface area contributed by atoms with Gasteiger partial charge >= 0.3 is 0 Å². The van der Waals surface area contributed by atoms with Crippen LogP contribution in [0.5, 0.6) is 0 Å². The van der Waals surface area contributed by atoms with E-state index in [1.165, 1.54) is 0 Å². The first kappa shape index (κ1) is 46.3. The SMILES string of the molecule is CC1=C(C(=O)Nc2ccc3[nH]nc(-c4ccnc(N5CCN(CCN6CCN(CC7CCN(c8ccc9c(c8)C(=O)N(C8CCC(=O)NC8=O)C9=O)CC7)CC6)[C@@H](C)C5)c4)c3c2)C(C)n2nnnc2N1C. The van der Waals surface area contributed by atoms with Crippen molar-refractivity contribution in [3.63, 3.8) is 0 Å². The molecule has 21 heteroatoms. The molecule has 3 atom stereocenters. The maximum absolute atomic E-state index is 13.7. The first-order chi connectivity index (χ1) is 34.4. The van der Waals surface area contributed by atoms with Crippen LogP contribution in [0, 0.1) is 5.92 Å². The fourth-order valence-corrected chi connectivity index (χ4v) is 11.4. The first-order valence-corrected chi connectivity index (χ1v) is 24.9. The molecule has 3 aromatic heterocycles. The van der Waals surface area contributed by atoms with Gasteiger partial charge in [0.05, 0.1) is 28.3 Å². The number of tetrazole rings is 1. The number of nitrogens with one attached hydrogen (secondary N) is 3. The highest BCUT2D eigenvalue weighted by Crippen LogP contribution is 2.36. The van der Waals surface area contributed by atoms with Gasteiger partial charge < -0.3 is 24.9 Å². The van der Waals surface area contributed by atoms with Gasteiger partial charge in [-0.1, -0.05) is 5.10 Å². The number of H-pyrrole nitrogens is 1. The summed E-state index contributed by atoms with van der Waals surface area (Å²) in [6, 6.07) is 14.4. The van der Waals surface area contributed by atoms with Crippen LogP contribution in [0.3, 0.4) is 0 Å². The first-order valence-electron chi connectivity index (χ1n) is 24.9. The molecule has 0 radical (unpaired) electrons. The summed E-state index contributed by atoms with van der Waals surface area (Å²) in [6.07, 6.45) is 4.21. The molecule has 9 heterocycles. The second-order valence-electron chi connectivity index (χ2n) is 19.9. The summed E-state index contributed by atoms with van der Waals surface area (Å²) < 4.78 is 1.65. The quantitative estimate of drug-likeness (QED) is 0.162. The lowest BCUT2D eigenvalue weighted by Crippen LogP contribution is -2.55. The van der Waals surface area contributed by atoms with Gasteiger partial charge in [-0.15, -0.1) is 0 Å². The molecule has 4 fully saturated rings. The van der Waals surface area contributed by atoms with Gasteiger partial charge in [0.15, 0.2) is 0 Å². The smallest absolute Gasteiger partial charge is 0.262 e. The third-order valence-corrected chi connectivity index (χ3v) is 15.7. The van der Waals surface area contributed by atoms with Crippen LogP contribution in [-0.2, 0) is 14.4 Å². The Morgan fingerprint density at radius 1 is 0.831 bits per heavy atom. The zero-order valence-corrected chi connectivity index (χ0v) is 40.7. The predicted molar refractivity (Wildman–Crippen MR) is 266 cm³/mol. The molecule has 71 heavy (non-hydrogen) atoms. The molecule has 370 valence electrons. The van der Waals surface area contributed by atoms with Crippen LogP contribution in [0.1, 0.15) is 73.2 Å². The van der Waals surface area contributed by atoms with Crippen molar-refractivity contribution in [1.82, 2.24) is 60.3 Å². The van der Waals surface area contributed by atoms with Gasteiger partial charge in [0.1, 0.15) is 17.6 Å². The molecule has 2 unspecified atom stereocenters. The number of benzene rings is 2. The fourth-order valence-electron chi connectivity index (χ4n) is 11.4. The number of allylic oxidation sites excluding steroid dienone is 1. The summed E-state index contributed by atoms with van der Waals surface area (Å²) in [5, 5.41) is 26.2. The number of piperazine rings is 2. The highest BCUT2D eigenvalue weighted by atomic mass is 16.2. The van der Waals surface area contributed by atoms with Crippen LogP contribution in [0.2, 0.25) is 0 Å². The normalized spacial score (nSPS) is 23.0. The van der Waals surface area contributed by atoms with E-state index in [-0.39, 0.29) is 30.7 Å². The van der Waals surface area contributed by atoms with Gasteiger partial charge in [-0.25, -0.2) is 9.67 Å². The number of pyridine rings is 1. The van der Waals surface area contributed by atoms with E-state index in [9.17, 15) is 24.0 Å². The summed E-state index contributed by atoms with van der Waals surface area (Å²) in [7, 11) is 1.85. The minimum absolute atomic E-state index is 0.0992. The number of fused-ring (bicyclic) bond motifs is 3. The molecular weight excluding hydrogens is 905 g/mol. The Kier molecular flexibility index (Phi) is 12.3. The van der Waals surface area contributed by atoms with Crippen LogP contribution in [0.4, 0.5) is 23.1 Å². The zero-order chi connectivity index (χ0) is 49.1. The Bertz CT molecular complexity index is 2950. The number of nitrogens with zero attached hydrogens (tertiary/aromatic N) is 13. The van der Waals surface area contributed by atoms with Crippen LogP contribution >= 0.6 is 0 Å². The van der Waals surface area contributed by atoms with Crippen molar-refractivity contribution in [3.8, 4) is 11.3 Å². The molecule has 2 aromatic carbocycles. The van der Waals surface area contributed by atoms with E-state index < -0.39 is 23.8 Å². The molecule has 21 nitrogen and oxygen atoms in total. The number of hydrogen-bond acceptors (Lipinski definition) is 16. The molecule has 0 spiro atoms. The largest absolute Gasteiger partial charge is 0.371 e. The van der Waals surface area contributed by atoms with Crippen molar-refractivity contribution >= 4 is 63.6 Å². The van der Waals surface area contributed by atoms with Crippen LogP contribution in [-0.4, -0.2) is 182 Å². The molecule has 5 aromatic rings. The number of aromatic amines is 1. The van der Waals surface area contributed by atoms with E-state index in [4.69, 9.17) is 10.1 Å². The maximum atomic E-state index is 13.7. The standard InChI is InChI=1S/C50H60N16O5/c1-30-28-64(42-25-34(11-14-51-42)45-39-26-35(5-8-40(39)54-55-45)52-47(69)44-31(2)59(4)50-56-57-58-66(50)32(44)3)24-23-62(30)22-21-60-17-19-61(20-18-60)29-33-12-15-63(16-13-33)36-6-7-37-38(27-36)49(71)65(48(37)70)41-9-10-43(67)53-46(41)68/h5-8,11,14,25-27,30,32-33,41H,9-10,12-13,15-24,28-29H2,1-4H3,(H,52,69)(H,54,55)(H,53,67,68)/t30-,32?,41?/m0/s1. The van der Waals surface area contributed by atoms with Gasteiger partial charge in [-0.3, -0.25) is 49.1 Å². The number of aromatic nitrogens is 7. The van der Waals surface area contributed by atoms with E-state index in [2.05, 4.69) is 68.7 Å². The number of rotatable bonds is 11. The predicted octanol–water partition coefficient (Wildman–Crippen LogP) is 2.98. The van der Waals surface area contributed by atoms with Crippen LogP contribution < -0.4 is 25.3 Å². The molecule has 11 rings (SSSR count). The Hall–Kier alpha value is -7.10. The third kappa shape index (κ3) is 8.79. The van der Waals surface area contributed by atoms with Crippen LogP contribution in [0.25, 0.3) is 22.2 Å². The highest BCUT2D eigenvalue weighted by Gasteiger charge is 2.45. The number of piperidine rings is 2. The molecule has 0 bridgehead atoms. The fraction of sp³-hybridized carbons (Fsp3) is 0.480. The number of amides is 5. The van der Waals surface area contributed by atoms with Crippen molar-refractivity contribution in [2.45, 2.75) is 64.6 Å². The average Bonchev–Trinajstić information content (AvgIpc) is 4.10. The van der Waals surface area contributed by atoms with Gasteiger partial charge in [0, 0.05) is 132 Å². The number of carbonyl (C=O) groups is 5. The molecule has 3 N–H and O–H groups in total. The van der Waals surface area contributed by atoms with E-state index in [0.29, 0.717) is 40.3 Å². The Balaban J connectivity index is 0.629. The highest BCUT2D eigenvalue weighted by molar-refractivity contribution is 6.23. The van der Waals surface area contributed by atoms with Gasteiger partial charge in [-0.05, 0) is 105 Å². The third-order valence-electron chi connectivity index (χ3n) is 15.7. The summed E-state index contributed by atoms with van der Waals surface area (Å²) in [5.41, 5.74) is 6.23. The number of imide groups is 2. The average molecular weight is 965 g/mol. The van der Waals surface area contributed by atoms with Crippen LogP contribution in [0.15, 0.2) is 66.0 Å². The molecular formula is C50H60N16O5. The summed E-state index contributed by atoms with van der Waals surface area (Å²) in [4.78, 5) is 84.6. The minimum atomic E-state index is -0.964. The van der Waals surface area contributed by atoms with Crippen molar-refractivity contribution in [1.29, 1.82) is 0 Å². The van der Waals surface area contributed by atoms with Crippen molar-refractivity contribution < 1.29 is 24.0 Å². The van der Waals surface area contributed by atoms with Crippen molar-refractivity contribution in [2.24, 2.45) is 5.92 Å². The van der Waals surface area contributed by atoms with Crippen molar-refractivity contribution in [2.75, 3.05) is 106 Å². The number of hydrogen-bond donors (Lipinski definition) is 3. The van der Waals surface area contributed by atoms with Gasteiger partial charge in [-0.2, -0.15) is 5.10 Å². The lowest BCUT2D eigenvalue weighted by Gasteiger charge is -2.42. The lowest BCUT2D eigenvalue weighted by atomic mass is 9.95. The molecule has 4 saturated heterocycles. The zero-order valence-electron chi connectivity index (χ0n) is 40.7. The Morgan fingerprint density at radius 3 is 2.41 bits per heavy atom. The van der Waals surface area contributed by atoms with Crippen molar-refractivity contribution in [3.05, 3.63) is 77.1 Å². The Labute approximate surface area is 411 Å². The summed E-state index contributed by atoms with van der Waals surface area (Å²) >= 11 is 0. The molecule has 0 aliphatic carbocycles. The minimum Gasteiger partial charge on any atom is -0.371 e. The number of carbonyl (C=O) groups excluding carboxylic acids is 5. The van der Waals surface area contributed by atoms with Gasteiger partial charge in [0.2, 0.25) is 17.8 Å². The Morgan fingerprint density at radius 2 is 1.62 bits per heavy atom. The van der Waals surface area contributed by atoms with E-state index in [0.717, 1.165) is 136 Å². The van der Waals surface area contributed by atoms with Gasteiger partial charge in [0.25, 0.3) is 17.7 Å². The molecule has 6 aliphatic rings. The van der Waals surface area contributed by atoms with E-state index in [1.54, 1.807) is 16.8 Å². The lowest BCUT2D eigenvalue weighted by molar-refractivity contribution is -0.136. The second-order valence-corrected chi connectivity index (χ2v) is 19.9. The molecule has 0 saturated carbocycles. The topological polar surface area (TPSA) is 217 Å². The second kappa shape index (κ2) is 18.9. The monoisotopic (exact) mass is 964 g/mol. The van der Waals surface area contributed by atoms with E-state index in [1.807, 2.05) is 62.3 Å². The number of anilines is 4. The summed E-state index contributed by atoms with van der Waals surface area (Å²) in [6.45, 7) is 18.0. The molecule has 5 amide bonds. The summed E-state index contributed by atoms with van der Waals surface area (Å²) in [5.74, 6) is -0.0159.